The number of hydrogen-bond acceptors (Lipinski definition) is 1. The van der Waals surface area contributed by atoms with Gasteiger partial charge in [0.25, 0.3) is 0 Å². The van der Waals surface area contributed by atoms with Crippen LogP contribution in [0.4, 0.5) is 0 Å². The summed E-state index contributed by atoms with van der Waals surface area (Å²) in [6.45, 7) is 0. The van der Waals surface area contributed by atoms with Crippen molar-refractivity contribution in [1.82, 2.24) is 0 Å². The molecule has 2 aliphatic carbocycles. The Balaban J connectivity index is 2.96. The molecule has 0 spiro atoms. The Hall–Kier alpha value is -1.11. The molecule has 0 N–H and O–H groups in total. The molecule has 0 fully saturated rings. The first-order chi connectivity index (χ1) is 3.86. The van der Waals surface area contributed by atoms with Gasteiger partial charge in [0.05, 0.1) is 0 Å². The molecule has 8 heavy (non-hydrogen) atoms. The van der Waals surface area contributed by atoms with Gasteiger partial charge in [-0.25, -0.2) is 0 Å². The molecule has 0 saturated heterocycles. The molecule has 2 rings (SSSR count). The first-order valence-electron chi connectivity index (χ1n) is 2.52. The molecule has 2 aliphatic rings. The van der Waals surface area contributed by atoms with E-state index in [1.165, 1.54) is 0 Å². The Labute approximate surface area is 46.6 Å². The summed E-state index contributed by atoms with van der Waals surface area (Å²) in [5.41, 5.74) is 2.31. The molecular formula is C7H4O. The third kappa shape index (κ3) is 0.293. The van der Waals surface area contributed by atoms with Crippen LogP contribution < -0.4 is 5.43 Å². The Bertz CT molecular complexity index is 261. The van der Waals surface area contributed by atoms with Crippen LogP contribution in [-0.4, -0.2) is 0 Å². The van der Waals surface area contributed by atoms with E-state index in [-0.39, 0.29) is 5.43 Å². The molecule has 0 aromatic rings. The van der Waals surface area contributed by atoms with E-state index >= 15 is 0 Å². The fourth-order valence-electron chi connectivity index (χ4n) is 0.887. The molecule has 0 amide bonds. The van der Waals surface area contributed by atoms with Crippen molar-refractivity contribution in [2.24, 2.45) is 0 Å². The lowest BCUT2D eigenvalue weighted by Gasteiger charge is -1.96. The molecule has 0 bridgehead atoms. The predicted octanol–water partition coefficient (Wildman–Crippen LogP) is 1.03. The van der Waals surface area contributed by atoms with E-state index < -0.39 is 0 Å². The van der Waals surface area contributed by atoms with Gasteiger partial charge in [-0.15, -0.1) is 0 Å². The highest BCUT2D eigenvalue weighted by Crippen LogP contribution is 2.23. The molecule has 0 aliphatic heterocycles. The third-order valence-corrected chi connectivity index (χ3v) is 1.37. The van der Waals surface area contributed by atoms with Crippen molar-refractivity contribution in [3.8, 4) is 11.1 Å². The minimum absolute atomic E-state index is 0.125. The predicted molar refractivity (Wildman–Crippen MR) is 31.7 cm³/mol. The topological polar surface area (TPSA) is 17.1 Å². The smallest absolute Gasteiger partial charge is 0.179 e. The van der Waals surface area contributed by atoms with E-state index in [0.29, 0.717) is 0 Å². The summed E-state index contributed by atoms with van der Waals surface area (Å²) in [6, 6.07) is 7.18. The van der Waals surface area contributed by atoms with Gasteiger partial charge in [-0.05, 0) is 23.3 Å². The second kappa shape index (κ2) is 0.996. The quantitative estimate of drug-likeness (QED) is 0.487. The van der Waals surface area contributed by atoms with E-state index in [1.807, 2.05) is 12.1 Å². The molecule has 1 heteroatoms. The summed E-state index contributed by atoms with van der Waals surface area (Å²) in [7, 11) is 0. The van der Waals surface area contributed by atoms with Crippen LogP contribution in [0, 0.1) is 0 Å². The molecule has 0 aromatic carbocycles. The van der Waals surface area contributed by atoms with Gasteiger partial charge < -0.3 is 0 Å². The lowest BCUT2D eigenvalue weighted by Crippen LogP contribution is -1.83. The molecule has 1 nitrogen and oxygen atoms in total. The van der Waals surface area contributed by atoms with Crippen molar-refractivity contribution < 1.29 is 0 Å². The van der Waals surface area contributed by atoms with Crippen LogP contribution in [0.5, 0.6) is 0 Å². The summed E-state index contributed by atoms with van der Waals surface area (Å²) in [6.07, 6.45) is 0. The second-order valence-corrected chi connectivity index (χ2v) is 1.94. The highest BCUT2D eigenvalue weighted by Gasteiger charge is 2.05. The molecule has 0 atom stereocenters. The highest BCUT2D eigenvalue weighted by atomic mass is 16.1. The molecule has 0 aromatic heterocycles. The van der Waals surface area contributed by atoms with E-state index in [2.05, 4.69) is 0 Å². The van der Waals surface area contributed by atoms with E-state index in [1.54, 1.807) is 12.1 Å². The Morgan fingerprint density at radius 1 is 1.00 bits per heavy atom. The number of rotatable bonds is 0. The van der Waals surface area contributed by atoms with Gasteiger partial charge in [0.15, 0.2) is 5.43 Å². The summed E-state index contributed by atoms with van der Waals surface area (Å²) in [5, 5.41) is 0. The maximum absolute atomic E-state index is 10.5. The van der Waals surface area contributed by atoms with Crippen molar-refractivity contribution in [2.45, 2.75) is 0 Å². The molecule has 0 saturated carbocycles. The van der Waals surface area contributed by atoms with Gasteiger partial charge in [-0.3, -0.25) is 4.79 Å². The molecule has 0 unspecified atom stereocenters. The lowest BCUT2D eigenvalue weighted by atomic mass is 10.1. The highest BCUT2D eigenvalue weighted by molar-refractivity contribution is 5.71. The van der Waals surface area contributed by atoms with Crippen LogP contribution >= 0.6 is 0 Å². The van der Waals surface area contributed by atoms with Crippen LogP contribution in [0.15, 0.2) is 29.1 Å². The normalized spacial score (nSPS) is 11.0. The van der Waals surface area contributed by atoms with Crippen molar-refractivity contribution in [3.05, 3.63) is 34.5 Å². The summed E-state index contributed by atoms with van der Waals surface area (Å²) in [5.74, 6) is 0. The SMILES string of the molecule is O=c1cc2ccc-2c1. The van der Waals surface area contributed by atoms with Crippen molar-refractivity contribution in [3.63, 3.8) is 0 Å². The third-order valence-electron chi connectivity index (χ3n) is 1.37. The lowest BCUT2D eigenvalue weighted by molar-refractivity contribution is 1.70. The van der Waals surface area contributed by atoms with Gasteiger partial charge in [-0.2, -0.15) is 0 Å². The van der Waals surface area contributed by atoms with Gasteiger partial charge in [0, 0.05) is 0 Å². The molecule has 0 heterocycles. The summed E-state index contributed by atoms with van der Waals surface area (Å²) < 4.78 is 0. The minimum Gasteiger partial charge on any atom is -0.290 e. The summed E-state index contributed by atoms with van der Waals surface area (Å²) >= 11 is 0. The van der Waals surface area contributed by atoms with Crippen LogP contribution in [0.2, 0.25) is 0 Å². The van der Waals surface area contributed by atoms with E-state index in [4.69, 9.17) is 0 Å². The Kier molecular flexibility index (Phi) is 0.478. The average Bonchev–Trinajstić information content (AvgIpc) is 1.91. The van der Waals surface area contributed by atoms with Gasteiger partial charge >= 0.3 is 0 Å². The van der Waals surface area contributed by atoms with Gasteiger partial charge in [0.1, 0.15) is 0 Å². The van der Waals surface area contributed by atoms with Crippen molar-refractivity contribution >= 4 is 0 Å². The molecular weight excluding hydrogens is 100 g/mol. The number of hydrogen-bond donors (Lipinski definition) is 0. The number of fused-ring (bicyclic) bond motifs is 1. The maximum atomic E-state index is 10.5. The fraction of sp³-hybridized carbons (Fsp3) is 0. The van der Waals surface area contributed by atoms with E-state index in [9.17, 15) is 4.79 Å². The van der Waals surface area contributed by atoms with Crippen molar-refractivity contribution in [1.29, 1.82) is 0 Å². The van der Waals surface area contributed by atoms with Gasteiger partial charge in [0.2, 0.25) is 0 Å². The second-order valence-electron chi connectivity index (χ2n) is 1.94. The zero-order valence-electron chi connectivity index (χ0n) is 4.22. The van der Waals surface area contributed by atoms with Crippen LogP contribution in [0.25, 0.3) is 11.1 Å². The zero-order chi connectivity index (χ0) is 5.56. The Morgan fingerprint density at radius 3 is 1.75 bits per heavy atom. The van der Waals surface area contributed by atoms with E-state index in [0.717, 1.165) is 11.1 Å². The van der Waals surface area contributed by atoms with Crippen LogP contribution in [-0.2, 0) is 0 Å². The van der Waals surface area contributed by atoms with Crippen LogP contribution in [0.3, 0.4) is 0 Å². The largest absolute Gasteiger partial charge is 0.290 e. The zero-order valence-corrected chi connectivity index (χ0v) is 4.22. The van der Waals surface area contributed by atoms with Gasteiger partial charge in [-0.1, -0.05) is 12.1 Å². The average molecular weight is 104 g/mol. The Morgan fingerprint density at radius 2 is 1.50 bits per heavy atom. The van der Waals surface area contributed by atoms with Crippen LogP contribution in [0.1, 0.15) is 0 Å². The molecule has 0 radical (unpaired) electrons. The molecule has 38 valence electrons. The first-order valence-corrected chi connectivity index (χ1v) is 2.52. The maximum Gasteiger partial charge on any atom is 0.179 e. The minimum atomic E-state index is 0.125. The van der Waals surface area contributed by atoms with Crippen molar-refractivity contribution in [2.75, 3.05) is 0 Å². The monoisotopic (exact) mass is 104 g/mol. The first kappa shape index (κ1) is 3.84. The standard InChI is InChI=1S/C7H4O/c8-7-3-5-1-2-6(5)4-7/h1-4H. The fourth-order valence-corrected chi connectivity index (χ4v) is 0.887. The summed E-state index contributed by atoms with van der Waals surface area (Å²) in [4.78, 5) is 10.5.